The van der Waals surface area contributed by atoms with Gasteiger partial charge in [0.25, 0.3) is 0 Å². The lowest BCUT2D eigenvalue weighted by atomic mass is 9.75. The molecule has 3 aromatic heterocycles. The number of fused-ring (bicyclic) bond motifs is 1. The van der Waals surface area contributed by atoms with Crippen molar-refractivity contribution in [2.45, 2.75) is 58.2 Å². The van der Waals surface area contributed by atoms with Gasteiger partial charge >= 0.3 is 0 Å². The molecular formula is C20H24N6O. The van der Waals surface area contributed by atoms with Crippen molar-refractivity contribution in [2.24, 2.45) is 5.41 Å². The number of hydrogen-bond acceptors (Lipinski definition) is 5. The van der Waals surface area contributed by atoms with Crippen LogP contribution in [-0.2, 0) is 6.73 Å². The van der Waals surface area contributed by atoms with Crippen molar-refractivity contribution >= 4 is 11.0 Å². The van der Waals surface area contributed by atoms with Gasteiger partial charge in [0, 0.05) is 23.3 Å². The van der Waals surface area contributed by atoms with Crippen LogP contribution in [0.1, 0.15) is 51.5 Å². The summed E-state index contributed by atoms with van der Waals surface area (Å²) in [4.78, 5) is 8.73. The van der Waals surface area contributed by atoms with E-state index in [1.54, 1.807) is 10.8 Å². The Hall–Kier alpha value is -2.72. The minimum Gasteiger partial charge on any atom is -0.376 e. The molecule has 140 valence electrons. The van der Waals surface area contributed by atoms with Crippen molar-refractivity contribution in [2.75, 3.05) is 0 Å². The van der Waals surface area contributed by atoms with Crippen LogP contribution in [-0.4, -0.2) is 29.4 Å². The van der Waals surface area contributed by atoms with Gasteiger partial charge in [0.2, 0.25) is 0 Å². The van der Waals surface area contributed by atoms with Gasteiger partial charge in [-0.15, -0.1) is 0 Å². The molecule has 1 fully saturated rings. The van der Waals surface area contributed by atoms with Gasteiger partial charge < -0.3 is 9.67 Å². The van der Waals surface area contributed by atoms with E-state index < -0.39 is 0 Å². The number of aromatic nitrogens is 5. The van der Waals surface area contributed by atoms with Crippen LogP contribution in [0.15, 0.2) is 31.0 Å². The Balaban J connectivity index is 1.75. The summed E-state index contributed by atoms with van der Waals surface area (Å²) in [6, 6.07) is 4.37. The zero-order valence-electron chi connectivity index (χ0n) is 15.5. The molecule has 0 spiro atoms. The summed E-state index contributed by atoms with van der Waals surface area (Å²) in [5.74, 6) is 0. The normalized spacial score (nSPS) is 17.2. The predicted molar refractivity (Wildman–Crippen MR) is 101 cm³/mol. The quantitative estimate of drug-likeness (QED) is 0.720. The first kappa shape index (κ1) is 17.7. The number of nitrogens with zero attached hydrogens (tertiary/aromatic N) is 6. The van der Waals surface area contributed by atoms with Gasteiger partial charge in [0.05, 0.1) is 30.4 Å². The van der Waals surface area contributed by atoms with Crippen LogP contribution in [0.4, 0.5) is 0 Å². The fourth-order valence-corrected chi connectivity index (χ4v) is 4.66. The lowest BCUT2D eigenvalue weighted by Crippen LogP contribution is -2.30. The lowest BCUT2D eigenvalue weighted by Gasteiger charge is -2.35. The fraction of sp³-hybridized carbons (Fsp3) is 0.500. The molecule has 0 saturated heterocycles. The van der Waals surface area contributed by atoms with E-state index in [0.29, 0.717) is 12.1 Å². The van der Waals surface area contributed by atoms with Crippen LogP contribution in [0.3, 0.4) is 0 Å². The summed E-state index contributed by atoms with van der Waals surface area (Å²) in [5, 5.41) is 24.4. The summed E-state index contributed by atoms with van der Waals surface area (Å²) in [6.07, 6.45) is 13.4. The third kappa shape index (κ3) is 2.90. The van der Waals surface area contributed by atoms with E-state index in [4.69, 9.17) is 0 Å². The Kier molecular flexibility index (Phi) is 4.66. The molecule has 7 nitrogen and oxygen atoms in total. The fourth-order valence-electron chi connectivity index (χ4n) is 4.66. The van der Waals surface area contributed by atoms with Crippen molar-refractivity contribution in [3.05, 3.63) is 31.0 Å². The Labute approximate surface area is 158 Å². The van der Waals surface area contributed by atoms with Gasteiger partial charge in [-0.3, -0.25) is 4.68 Å². The molecule has 0 bridgehead atoms. The molecule has 1 aliphatic carbocycles. The summed E-state index contributed by atoms with van der Waals surface area (Å²) in [7, 11) is 0. The predicted octanol–water partition coefficient (Wildman–Crippen LogP) is 3.67. The maximum Gasteiger partial charge on any atom is 0.145 e. The second kappa shape index (κ2) is 7.12. The van der Waals surface area contributed by atoms with Crippen LogP contribution in [0.2, 0.25) is 0 Å². The highest BCUT2D eigenvalue weighted by molar-refractivity contribution is 5.90. The summed E-state index contributed by atoms with van der Waals surface area (Å²) in [5.41, 5.74) is 2.56. The highest BCUT2D eigenvalue weighted by Gasteiger charge is 2.41. The third-order valence-electron chi connectivity index (χ3n) is 6.20. The molecule has 3 heterocycles. The Morgan fingerprint density at radius 3 is 2.85 bits per heavy atom. The van der Waals surface area contributed by atoms with E-state index in [9.17, 15) is 10.4 Å². The van der Waals surface area contributed by atoms with Crippen LogP contribution < -0.4 is 0 Å². The molecule has 0 amide bonds. The second-order valence-electron chi connectivity index (χ2n) is 7.40. The molecule has 3 aromatic rings. The minimum absolute atomic E-state index is 0.0862. The SMILES string of the molecule is CCC1(C(CC#N)n2cc(-c3ncnc4c3ccn4CO)cn2)CCCC1. The Morgan fingerprint density at radius 1 is 1.33 bits per heavy atom. The van der Waals surface area contributed by atoms with E-state index in [1.807, 2.05) is 23.1 Å². The van der Waals surface area contributed by atoms with Gasteiger partial charge in [-0.1, -0.05) is 19.8 Å². The van der Waals surface area contributed by atoms with Gasteiger partial charge in [-0.25, -0.2) is 9.97 Å². The molecule has 0 aliphatic heterocycles. The van der Waals surface area contributed by atoms with Crippen molar-refractivity contribution < 1.29 is 5.11 Å². The van der Waals surface area contributed by atoms with E-state index in [2.05, 4.69) is 28.1 Å². The van der Waals surface area contributed by atoms with E-state index in [-0.39, 0.29) is 18.2 Å². The molecule has 1 saturated carbocycles. The molecule has 27 heavy (non-hydrogen) atoms. The second-order valence-corrected chi connectivity index (χ2v) is 7.40. The average molecular weight is 364 g/mol. The Morgan fingerprint density at radius 2 is 2.15 bits per heavy atom. The standard InChI is InChI=1S/C20H24N6O/c1-2-20(7-3-4-8-20)17(5-9-21)26-12-15(11-24-26)18-16-6-10-25(14-27)19(16)23-13-22-18/h6,10-13,17,27H,2-5,7-8,14H2,1H3. The molecule has 1 atom stereocenters. The van der Waals surface area contributed by atoms with Crippen molar-refractivity contribution in [1.29, 1.82) is 5.26 Å². The average Bonchev–Trinajstić information content (AvgIpc) is 3.45. The van der Waals surface area contributed by atoms with E-state index >= 15 is 0 Å². The highest BCUT2D eigenvalue weighted by atomic mass is 16.3. The van der Waals surface area contributed by atoms with Crippen molar-refractivity contribution in [3.63, 3.8) is 0 Å². The monoisotopic (exact) mass is 364 g/mol. The highest BCUT2D eigenvalue weighted by Crippen LogP contribution is 2.50. The van der Waals surface area contributed by atoms with Crippen molar-refractivity contribution in [1.82, 2.24) is 24.3 Å². The first-order chi connectivity index (χ1) is 13.2. The lowest BCUT2D eigenvalue weighted by molar-refractivity contribution is 0.153. The molecule has 1 aliphatic rings. The smallest absolute Gasteiger partial charge is 0.145 e. The molecule has 0 radical (unpaired) electrons. The summed E-state index contributed by atoms with van der Waals surface area (Å²) >= 11 is 0. The number of hydrogen-bond donors (Lipinski definition) is 1. The van der Waals surface area contributed by atoms with Gasteiger partial charge in [-0.2, -0.15) is 10.4 Å². The number of nitriles is 1. The molecular weight excluding hydrogens is 340 g/mol. The number of aliphatic hydroxyl groups is 1. The van der Waals surface area contributed by atoms with Crippen LogP contribution in [0, 0.1) is 16.7 Å². The van der Waals surface area contributed by atoms with Gasteiger partial charge in [0.1, 0.15) is 18.7 Å². The first-order valence-electron chi connectivity index (χ1n) is 9.54. The maximum absolute atomic E-state index is 9.45. The van der Waals surface area contributed by atoms with Crippen LogP contribution in [0.25, 0.3) is 22.3 Å². The molecule has 4 rings (SSSR count). The first-order valence-corrected chi connectivity index (χ1v) is 9.54. The minimum atomic E-state index is -0.123. The molecule has 0 aromatic carbocycles. The van der Waals surface area contributed by atoms with Crippen LogP contribution >= 0.6 is 0 Å². The third-order valence-corrected chi connectivity index (χ3v) is 6.20. The largest absolute Gasteiger partial charge is 0.376 e. The number of rotatable bonds is 6. The zero-order chi connectivity index (χ0) is 18.9. The Bertz CT molecular complexity index is 976. The maximum atomic E-state index is 9.45. The van der Waals surface area contributed by atoms with E-state index in [1.165, 1.54) is 19.2 Å². The summed E-state index contributed by atoms with van der Waals surface area (Å²) in [6.45, 7) is 2.11. The number of aliphatic hydroxyl groups excluding tert-OH is 1. The van der Waals surface area contributed by atoms with Gasteiger partial charge in [-0.05, 0) is 30.7 Å². The summed E-state index contributed by atoms with van der Waals surface area (Å²) < 4.78 is 3.65. The molecule has 1 unspecified atom stereocenters. The zero-order valence-corrected chi connectivity index (χ0v) is 15.5. The van der Waals surface area contributed by atoms with Crippen molar-refractivity contribution in [3.8, 4) is 17.3 Å². The molecule has 7 heteroatoms. The van der Waals surface area contributed by atoms with E-state index in [0.717, 1.165) is 35.9 Å². The molecule has 1 N–H and O–H groups in total. The van der Waals surface area contributed by atoms with Crippen LogP contribution in [0.5, 0.6) is 0 Å². The van der Waals surface area contributed by atoms with Gasteiger partial charge in [0.15, 0.2) is 0 Å². The topological polar surface area (TPSA) is 92.5 Å².